The van der Waals surface area contributed by atoms with E-state index in [1.807, 2.05) is 67.7 Å². The van der Waals surface area contributed by atoms with Crippen molar-refractivity contribution in [1.82, 2.24) is 14.8 Å². The van der Waals surface area contributed by atoms with E-state index < -0.39 is 16.5 Å². The fourth-order valence-electron chi connectivity index (χ4n) is 4.19. The molecule has 0 radical (unpaired) electrons. The van der Waals surface area contributed by atoms with Crippen molar-refractivity contribution in [3.63, 3.8) is 0 Å². The zero-order valence-electron chi connectivity index (χ0n) is 19.1. The van der Waals surface area contributed by atoms with Gasteiger partial charge in [-0.15, -0.1) is 5.10 Å². The molecule has 6 nitrogen and oxygen atoms in total. The number of benzene rings is 3. The van der Waals surface area contributed by atoms with Gasteiger partial charge in [0.15, 0.2) is 5.82 Å². The molecule has 0 saturated heterocycles. The number of hydrogen-bond acceptors (Lipinski definition) is 6. The maximum Gasteiger partial charge on any atom is 0.267 e. The molecule has 0 amide bonds. The van der Waals surface area contributed by atoms with Gasteiger partial charge in [-0.25, -0.2) is 18.5 Å². The van der Waals surface area contributed by atoms with E-state index in [-0.39, 0.29) is 5.56 Å². The fraction of sp³-hybridized carbons (Fsp3) is 0.192. The summed E-state index contributed by atoms with van der Waals surface area (Å²) in [7, 11) is 1.82. The summed E-state index contributed by atoms with van der Waals surface area (Å²) < 4.78 is 30.6. The van der Waals surface area contributed by atoms with Crippen molar-refractivity contribution in [2.75, 3.05) is 11.6 Å². The molecule has 1 aliphatic rings. The van der Waals surface area contributed by atoms with E-state index in [1.165, 1.54) is 17.8 Å². The monoisotopic (exact) mass is 490 g/mol. The summed E-state index contributed by atoms with van der Waals surface area (Å²) in [5, 5.41) is 11.6. The molecule has 178 valence electrons. The van der Waals surface area contributed by atoms with Gasteiger partial charge in [0.2, 0.25) is 0 Å². The van der Waals surface area contributed by atoms with E-state index in [4.69, 9.17) is 15.8 Å². The maximum absolute atomic E-state index is 14.8. The molecule has 3 aromatic carbocycles. The Morgan fingerprint density at radius 2 is 1.69 bits per heavy atom. The highest BCUT2D eigenvalue weighted by atomic mass is 32.2. The number of nitrogens with two attached hydrogens (primary N) is 1. The van der Waals surface area contributed by atoms with Gasteiger partial charge >= 0.3 is 0 Å². The first-order chi connectivity index (χ1) is 17.0. The lowest BCUT2D eigenvalue weighted by molar-refractivity contribution is 0.517. The average Bonchev–Trinajstić information content (AvgIpc) is 3.46. The highest BCUT2D eigenvalue weighted by Crippen LogP contribution is 2.51. The largest absolute Gasteiger partial charge is 0.330 e. The Kier molecular flexibility index (Phi) is 6.36. The summed E-state index contributed by atoms with van der Waals surface area (Å²) in [5.74, 6) is -0.0319. The van der Waals surface area contributed by atoms with Gasteiger partial charge in [0.25, 0.3) is 5.95 Å². The Morgan fingerprint density at radius 1 is 0.971 bits per heavy atom. The van der Waals surface area contributed by atoms with Crippen molar-refractivity contribution in [2.45, 2.75) is 17.7 Å². The van der Waals surface area contributed by atoms with Crippen LogP contribution in [0.3, 0.4) is 0 Å². The Balaban J connectivity index is 1.68. The summed E-state index contributed by atoms with van der Waals surface area (Å²) in [6.45, 7) is 0.470. The predicted octanol–water partition coefficient (Wildman–Crippen LogP) is 5.27. The second kappa shape index (κ2) is 9.59. The molecule has 4 aromatic rings. The number of rotatable bonds is 7. The van der Waals surface area contributed by atoms with Crippen LogP contribution in [0.1, 0.15) is 24.0 Å². The van der Waals surface area contributed by atoms with Gasteiger partial charge in [-0.3, -0.25) is 0 Å². The zero-order chi connectivity index (χ0) is 24.4. The van der Waals surface area contributed by atoms with Crippen LogP contribution in [0.25, 0.3) is 11.4 Å². The second-order valence-electron chi connectivity index (χ2n) is 8.21. The van der Waals surface area contributed by atoms with E-state index in [1.54, 1.807) is 9.69 Å². The van der Waals surface area contributed by atoms with Gasteiger partial charge in [0.05, 0.1) is 0 Å². The van der Waals surface area contributed by atoms with E-state index >= 15 is 0 Å². The first kappa shape index (κ1) is 23.2. The Labute approximate surface area is 206 Å². The van der Waals surface area contributed by atoms with Crippen molar-refractivity contribution in [3.8, 4) is 11.4 Å². The lowest BCUT2D eigenvalue weighted by Crippen LogP contribution is -2.38. The lowest BCUT2D eigenvalue weighted by Gasteiger charge is -2.35. The van der Waals surface area contributed by atoms with Gasteiger partial charge in [-0.1, -0.05) is 72.4 Å². The molecule has 0 aliphatic carbocycles. The first-order valence-electron chi connectivity index (χ1n) is 11.3. The summed E-state index contributed by atoms with van der Waals surface area (Å²) in [4.78, 5) is 4.03. The van der Waals surface area contributed by atoms with Crippen LogP contribution in [0, 0.1) is 11.6 Å². The quantitative estimate of drug-likeness (QED) is 0.382. The number of halogens is 2. The van der Waals surface area contributed by atoms with Crippen molar-refractivity contribution in [1.29, 1.82) is 0 Å². The molecular formula is C26H24F2N6S. The Morgan fingerprint density at radius 3 is 2.40 bits per heavy atom. The molecule has 0 fully saturated rings. The normalized spacial score (nSPS) is 17.6. The maximum atomic E-state index is 14.8. The van der Waals surface area contributed by atoms with Crippen LogP contribution in [0.5, 0.6) is 0 Å². The van der Waals surface area contributed by atoms with E-state index in [0.29, 0.717) is 36.2 Å². The number of anilines is 1. The molecule has 5 rings (SSSR count). The third-order valence-corrected chi connectivity index (χ3v) is 7.32. The number of hydrazone groups is 1. The molecule has 2 heterocycles. The molecule has 0 bridgehead atoms. The summed E-state index contributed by atoms with van der Waals surface area (Å²) >= 11 is 1.37. The molecule has 35 heavy (non-hydrogen) atoms. The summed E-state index contributed by atoms with van der Waals surface area (Å²) in [6, 6.07) is 22.9. The zero-order valence-corrected chi connectivity index (χ0v) is 19.9. The molecule has 0 saturated carbocycles. The van der Waals surface area contributed by atoms with Crippen LogP contribution < -0.4 is 10.7 Å². The van der Waals surface area contributed by atoms with Crippen LogP contribution in [-0.2, 0) is 11.9 Å². The highest BCUT2D eigenvalue weighted by Gasteiger charge is 2.48. The van der Waals surface area contributed by atoms with Crippen LogP contribution in [0.2, 0.25) is 0 Å². The van der Waals surface area contributed by atoms with Crippen LogP contribution >= 0.6 is 11.8 Å². The standard InChI is InChI=1S/C26H24F2N6S/c1-33-23(18-9-4-2-5-10-18)30-25(32-33)34-26(15-8-16-29,19-11-6-3-7-12-19)35-24(31-34)21-17-20(27)13-14-22(21)28/h2-7,9-14,17H,8,15-16,29H2,1H3. The summed E-state index contributed by atoms with van der Waals surface area (Å²) in [5.41, 5.74) is 7.87. The second-order valence-corrected chi connectivity index (χ2v) is 9.48. The molecule has 1 atom stereocenters. The Bertz CT molecular complexity index is 1360. The van der Waals surface area contributed by atoms with Crippen molar-refractivity contribution >= 4 is 22.8 Å². The first-order valence-corrected chi connectivity index (χ1v) is 12.1. The van der Waals surface area contributed by atoms with Gasteiger partial charge in [0, 0.05) is 18.2 Å². The van der Waals surface area contributed by atoms with Gasteiger partial charge in [-0.2, -0.15) is 10.1 Å². The third kappa shape index (κ3) is 4.33. The van der Waals surface area contributed by atoms with Crippen LogP contribution in [-0.4, -0.2) is 26.4 Å². The molecule has 1 unspecified atom stereocenters. The summed E-state index contributed by atoms with van der Waals surface area (Å²) in [6.07, 6.45) is 1.28. The smallest absolute Gasteiger partial charge is 0.267 e. The predicted molar refractivity (Wildman–Crippen MR) is 136 cm³/mol. The minimum atomic E-state index is -0.788. The topological polar surface area (TPSA) is 72.3 Å². The van der Waals surface area contributed by atoms with E-state index in [2.05, 4.69) is 5.10 Å². The molecule has 2 N–H and O–H groups in total. The van der Waals surface area contributed by atoms with Gasteiger partial charge in [-0.05, 0) is 43.1 Å². The highest BCUT2D eigenvalue weighted by molar-refractivity contribution is 8.15. The molecule has 9 heteroatoms. The minimum absolute atomic E-state index is 0.102. The average molecular weight is 491 g/mol. The third-order valence-electron chi connectivity index (χ3n) is 5.88. The molecule has 0 spiro atoms. The minimum Gasteiger partial charge on any atom is -0.330 e. The Hall–Kier alpha value is -3.56. The number of aryl methyl sites for hydroxylation is 1. The van der Waals surface area contributed by atoms with Gasteiger partial charge in [0.1, 0.15) is 21.5 Å². The van der Waals surface area contributed by atoms with Crippen LogP contribution in [0.15, 0.2) is 84.0 Å². The number of aromatic nitrogens is 3. The number of nitrogens with zero attached hydrogens (tertiary/aromatic N) is 5. The SMILES string of the molecule is Cn1nc(N2N=C(c3cc(F)ccc3F)SC2(CCCN)c2ccccc2)nc1-c1ccccc1. The van der Waals surface area contributed by atoms with E-state index in [0.717, 1.165) is 23.3 Å². The molecule has 1 aromatic heterocycles. The number of hydrogen-bond donors (Lipinski definition) is 1. The van der Waals surface area contributed by atoms with Crippen molar-refractivity contribution in [3.05, 3.63) is 102 Å². The van der Waals surface area contributed by atoms with Gasteiger partial charge < -0.3 is 5.73 Å². The van der Waals surface area contributed by atoms with Crippen LogP contribution in [0.4, 0.5) is 14.7 Å². The molecular weight excluding hydrogens is 466 g/mol. The molecule has 1 aliphatic heterocycles. The lowest BCUT2D eigenvalue weighted by atomic mass is 10.0. The fourth-order valence-corrected chi connectivity index (χ4v) is 5.61. The van der Waals surface area contributed by atoms with E-state index in [9.17, 15) is 8.78 Å². The number of thioether (sulfide) groups is 1. The van der Waals surface area contributed by atoms with Crippen molar-refractivity contribution < 1.29 is 8.78 Å². The van der Waals surface area contributed by atoms with Crippen molar-refractivity contribution in [2.24, 2.45) is 17.9 Å².